The van der Waals surface area contributed by atoms with Crippen molar-refractivity contribution in [3.63, 3.8) is 0 Å². The molecule has 0 bridgehead atoms. The third-order valence-electron chi connectivity index (χ3n) is 3.45. The zero-order chi connectivity index (χ0) is 16.4. The van der Waals surface area contributed by atoms with Crippen molar-refractivity contribution in [3.8, 4) is 6.07 Å². The van der Waals surface area contributed by atoms with E-state index in [1.54, 1.807) is 25.1 Å². The second kappa shape index (κ2) is 9.57. The first-order chi connectivity index (χ1) is 10.6. The molecule has 0 unspecified atom stereocenters. The molecule has 0 aliphatic rings. The fourth-order valence-corrected chi connectivity index (χ4v) is 2.15. The van der Waals surface area contributed by atoms with Crippen LogP contribution in [0.2, 0.25) is 0 Å². The van der Waals surface area contributed by atoms with Crippen LogP contribution in [-0.4, -0.2) is 11.1 Å². The first-order valence-electron chi connectivity index (χ1n) is 7.69. The molecule has 0 radical (unpaired) electrons. The SMILES string of the molecule is CCCCCCC(=C\c1ccc(C#N)cc1)/C=C(\C)C(=O)O. The maximum absolute atomic E-state index is 11.0. The number of benzene rings is 1. The van der Waals surface area contributed by atoms with Gasteiger partial charge in [-0.05, 0) is 49.1 Å². The van der Waals surface area contributed by atoms with Crippen molar-refractivity contribution in [2.24, 2.45) is 0 Å². The van der Waals surface area contributed by atoms with Gasteiger partial charge in [-0.15, -0.1) is 0 Å². The highest BCUT2D eigenvalue weighted by molar-refractivity contribution is 5.86. The molecule has 116 valence electrons. The minimum atomic E-state index is -0.890. The molecule has 0 spiro atoms. The summed E-state index contributed by atoms with van der Waals surface area (Å²) in [6.07, 6.45) is 9.20. The van der Waals surface area contributed by atoms with E-state index < -0.39 is 5.97 Å². The summed E-state index contributed by atoms with van der Waals surface area (Å²) in [7, 11) is 0. The molecular weight excluding hydrogens is 274 g/mol. The molecule has 3 nitrogen and oxygen atoms in total. The molecule has 0 aliphatic carbocycles. The van der Waals surface area contributed by atoms with E-state index in [2.05, 4.69) is 13.0 Å². The van der Waals surface area contributed by atoms with Crippen molar-refractivity contribution in [2.75, 3.05) is 0 Å². The highest BCUT2D eigenvalue weighted by Crippen LogP contribution is 2.18. The third kappa shape index (κ3) is 6.41. The molecule has 0 heterocycles. The van der Waals surface area contributed by atoms with E-state index in [4.69, 9.17) is 10.4 Å². The Balaban J connectivity index is 2.91. The van der Waals surface area contributed by atoms with Crippen LogP contribution in [0, 0.1) is 11.3 Å². The number of carbonyl (C=O) groups is 1. The van der Waals surface area contributed by atoms with Gasteiger partial charge in [0, 0.05) is 5.57 Å². The standard InChI is InChI=1S/C19H23NO2/c1-3-4-5-6-7-18(12-15(2)19(21)22)13-16-8-10-17(14-20)11-9-16/h8-13H,3-7H2,1-2H3,(H,21,22)/b15-12+,18-13+. The van der Waals surface area contributed by atoms with Gasteiger partial charge in [-0.1, -0.05) is 44.4 Å². The molecule has 22 heavy (non-hydrogen) atoms. The van der Waals surface area contributed by atoms with Gasteiger partial charge in [0.1, 0.15) is 0 Å². The largest absolute Gasteiger partial charge is 0.478 e. The summed E-state index contributed by atoms with van der Waals surface area (Å²) in [5.74, 6) is -0.890. The Labute approximate surface area is 132 Å². The molecule has 0 aromatic heterocycles. The number of nitrogens with zero attached hydrogens (tertiary/aromatic N) is 1. The quantitative estimate of drug-likeness (QED) is 0.420. The van der Waals surface area contributed by atoms with Gasteiger partial charge in [-0.2, -0.15) is 5.26 Å². The molecule has 1 N–H and O–H groups in total. The van der Waals surface area contributed by atoms with Crippen LogP contribution in [0.1, 0.15) is 57.1 Å². The highest BCUT2D eigenvalue weighted by Gasteiger charge is 2.03. The topological polar surface area (TPSA) is 61.1 Å². The number of nitriles is 1. The molecule has 0 aliphatic heterocycles. The Kier molecular flexibility index (Phi) is 7.70. The van der Waals surface area contributed by atoms with Crippen molar-refractivity contribution < 1.29 is 9.90 Å². The minimum Gasteiger partial charge on any atom is -0.478 e. The summed E-state index contributed by atoms with van der Waals surface area (Å²) in [5, 5.41) is 17.9. The zero-order valence-electron chi connectivity index (χ0n) is 13.3. The fourth-order valence-electron chi connectivity index (χ4n) is 2.15. The molecule has 0 amide bonds. The number of aliphatic carboxylic acids is 1. The predicted octanol–water partition coefficient (Wildman–Crippen LogP) is 4.94. The van der Waals surface area contributed by atoms with Gasteiger partial charge in [-0.3, -0.25) is 0 Å². The summed E-state index contributed by atoms with van der Waals surface area (Å²) >= 11 is 0. The van der Waals surface area contributed by atoms with E-state index in [0.29, 0.717) is 11.1 Å². The van der Waals surface area contributed by atoms with E-state index in [1.807, 2.05) is 18.2 Å². The molecule has 1 aromatic rings. The first kappa shape index (κ1) is 17.7. The van der Waals surface area contributed by atoms with Crippen molar-refractivity contribution in [3.05, 3.63) is 52.6 Å². The lowest BCUT2D eigenvalue weighted by atomic mass is 10.0. The van der Waals surface area contributed by atoms with E-state index in [1.165, 1.54) is 12.8 Å². The van der Waals surface area contributed by atoms with Gasteiger partial charge >= 0.3 is 5.97 Å². The second-order valence-electron chi connectivity index (χ2n) is 5.40. The monoisotopic (exact) mass is 297 g/mol. The molecule has 0 saturated heterocycles. The second-order valence-corrected chi connectivity index (χ2v) is 5.40. The van der Waals surface area contributed by atoms with Crippen LogP contribution in [0.25, 0.3) is 6.08 Å². The Morgan fingerprint density at radius 2 is 1.91 bits per heavy atom. The van der Waals surface area contributed by atoms with Gasteiger partial charge in [-0.25, -0.2) is 4.79 Å². The van der Waals surface area contributed by atoms with Gasteiger partial charge in [0.25, 0.3) is 0 Å². The lowest BCUT2D eigenvalue weighted by Gasteiger charge is -2.05. The third-order valence-corrected chi connectivity index (χ3v) is 3.45. The summed E-state index contributed by atoms with van der Waals surface area (Å²) in [4.78, 5) is 11.0. The maximum Gasteiger partial charge on any atom is 0.331 e. The number of carboxylic acid groups (broad SMARTS) is 1. The van der Waals surface area contributed by atoms with Crippen LogP contribution in [-0.2, 0) is 4.79 Å². The Bertz CT molecular complexity index is 589. The minimum absolute atomic E-state index is 0.343. The van der Waals surface area contributed by atoms with E-state index >= 15 is 0 Å². The van der Waals surface area contributed by atoms with E-state index in [-0.39, 0.29) is 0 Å². The predicted molar refractivity (Wildman–Crippen MR) is 89.3 cm³/mol. The molecule has 0 atom stereocenters. The number of unbranched alkanes of at least 4 members (excludes halogenated alkanes) is 3. The van der Waals surface area contributed by atoms with E-state index in [0.717, 1.165) is 30.4 Å². The van der Waals surface area contributed by atoms with Gasteiger partial charge in [0.15, 0.2) is 0 Å². The molecule has 1 rings (SSSR count). The van der Waals surface area contributed by atoms with Crippen LogP contribution in [0.15, 0.2) is 41.5 Å². The number of carboxylic acids is 1. The average Bonchev–Trinajstić information content (AvgIpc) is 2.52. The molecule has 0 saturated carbocycles. The van der Waals surface area contributed by atoms with Crippen LogP contribution >= 0.6 is 0 Å². The summed E-state index contributed by atoms with van der Waals surface area (Å²) in [6, 6.07) is 9.40. The molecule has 1 aromatic carbocycles. The average molecular weight is 297 g/mol. The number of hydrogen-bond acceptors (Lipinski definition) is 2. The first-order valence-corrected chi connectivity index (χ1v) is 7.69. The zero-order valence-corrected chi connectivity index (χ0v) is 13.3. The van der Waals surface area contributed by atoms with Crippen molar-refractivity contribution >= 4 is 12.0 Å². The summed E-state index contributed by atoms with van der Waals surface area (Å²) in [6.45, 7) is 3.78. The highest BCUT2D eigenvalue weighted by atomic mass is 16.4. The van der Waals surface area contributed by atoms with Crippen LogP contribution < -0.4 is 0 Å². The van der Waals surface area contributed by atoms with Gasteiger partial charge < -0.3 is 5.11 Å². The smallest absolute Gasteiger partial charge is 0.331 e. The van der Waals surface area contributed by atoms with Crippen molar-refractivity contribution in [2.45, 2.75) is 46.0 Å². The summed E-state index contributed by atoms with van der Waals surface area (Å²) < 4.78 is 0. The lowest BCUT2D eigenvalue weighted by molar-refractivity contribution is -0.132. The van der Waals surface area contributed by atoms with Crippen LogP contribution in [0.5, 0.6) is 0 Å². The maximum atomic E-state index is 11.0. The molecular formula is C19H23NO2. The Hall–Kier alpha value is -2.34. The summed E-state index contributed by atoms with van der Waals surface area (Å²) in [5.41, 5.74) is 2.97. The number of hydrogen-bond donors (Lipinski definition) is 1. The Morgan fingerprint density at radius 3 is 2.45 bits per heavy atom. The number of rotatable bonds is 8. The number of allylic oxidation sites excluding steroid dienone is 2. The molecule has 0 fully saturated rings. The van der Waals surface area contributed by atoms with Crippen molar-refractivity contribution in [1.29, 1.82) is 5.26 Å². The van der Waals surface area contributed by atoms with Gasteiger partial charge in [0.05, 0.1) is 11.6 Å². The van der Waals surface area contributed by atoms with Crippen LogP contribution in [0.3, 0.4) is 0 Å². The normalized spacial score (nSPS) is 12.0. The van der Waals surface area contributed by atoms with E-state index in [9.17, 15) is 4.79 Å². The Morgan fingerprint density at radius 1 is 1.23 bits per heavy atom. The molecule has 3 heteroatoms. The van der Waals surface area contributed by atoms with Crippen LogP contribution in [0.4, 0.5) is 0 Å². The lowest BCUT2D eigenvalue weighted by Crippen LogP contribution is -1.97. The fraction of sp³-hybridized carbons (Fsp3) is 0.368. The van der Waals surface area contributed by atoms with Gasteiger partial charge in [0.2, 0.25) is 0 Å². The van der Waals surface area contributed by atoms with Crippen molar-refractivity contribution in [1.82, 2.24) is 0 Å².